The number of likely N-dealkylation sites (tertiary alicyclic amines) is 1. The fraction of sp³-hybridized carbons (Fsp3) is 0.412. The summed E-state index contributed by atoms with van der Waals surface area (Å²) in [7, 11) is 0. The lowest BCUT2D eigenvalue weighted by atomic mass is 9.96. The Morgan fingerprint density at radius 1 is 1.39 bits per heavy atom. The van der Waals surface area contributed by atoms with Gasteiger partial charge in [-0.1, -0.05) is 12.5 Å². The van der Waals surface area contributed by atoms with Gasteiger partial charge in [0.1, 0.15) is 12.4 Å². The second-order valence-electron chi connectivity index (χ2n) is 5.78. The molecule has 0 bridgehead atoms. The van der Waals surface area contributed by atoms with Gasteiger partial charge in [-0.2, -0.15) is 0 Å². The Hall–Kier alpha value is -2.18. The topological polar surface area (TPSA) is 86.8 Å². The molecule has 0 saturated carbocycles. The van der Waals surface area contributed by atoms with Gasteiger partial charge in [-0.15, -0.1) is 0 Å². The highest BCUT2D eigenvalue weighted by molar-refractivity contribution is 5.25. The third-order valence-corrected chi connectivity index (χ3v) is 4.23. The fourth-order valence-electron chi connectivity index (χ4n) is 3.09. The van der Waals surface area contributed by atoms with Crippen molar-refractivity contribution in [1.82, 2.24) is 9.88 Å². The number of pyridine rings is 1. The smallest absolute Gasteiger partial charge is 0.227 e. The van der Waals surface area contributed by atoms with Crippen LogP contribution in [0.2, 0.25) is 0 Å². The van der Waals surface area contributed by atoms with Crippen LogP contribution in [-0.2, 0) is 13.2 Å². The number of hydrogen-bond acceptors (Lipinski definition) is 6. The van der Waals surface area contributed by atoms with Crippen LogP contribution in [0.5, 0.6) is 5.75 Å². The van der Waals surface area contributed by atoms with E-state index < -0.39 is 5.43 Å². The van der Waals surface area contributed by atoms with Crippen LogP contribution in [0.25, 0.3) is 0 Å². The molecule has 3 heterocycles. The Labute approximate surface area is 134 Å². The maximum Gasteiger partial charge on any atom is 0.227 e. The monoisotopic (exact) mass is 316 g/mol. The molecule has 2 N–H and O–H groups in total. The number of aromatic nitrogens is 1. The molecule has 0 aromatic carbocycles. The Kier molecular flexibility index (Phi) is 4.73. The van der Waals surface area contributed by atoms with E-state index in [2.05, 4.69) is 9.88 Å². The summed E-state index contributed by atoms with van der Waals surface area (Å²) >= 11 is 0. The van der Waals surface area contributed by atoms with Gasteiger partial charge in [0.05, 0.1) is 6.54 Å². The van der Waals surface area contributed by atoms with Crippen LogP contribution >= 0.6 is 0 Å². The predicted octanol–water partition coefficient (Wildman–Crippen LogP) is 1.96. The molecule has 1 saturated heterocycles. The summed E-state index contributed by atoms with van der Waals surface area (Å²) in [6.45, 7) is 0.815. The normalized spacial score (nSPS) is 18.9. The Balaban J connectivity index is 1.88. The van der Waals surface area contributed by atoms with Crippen molar-refractivity contribution in [3.05, 3.63) is 57.9 Å². The zero-order chi connectivity index (χ0) is 16.2. The quantitative estimate of drug-likeness (QED) is 0.896. The van der Waals surface area contributed by atoms with E-state index in [-0.39, 0.29) is 29.9 Å². The molecule has 23 heavy (non-hydrogen) atoms. The largest absolute Gasteiger partial charge is 0.502 e. The van der Waals surface area contributed by atoms with Gasteiger partial charge in [-0.3, -0.25) is 14.7 Å². The van der Waals surface area contributed by atoms with E-state index in [0.29, 0.717) is 6.54 Å². The van der Waals surface area contributed by atoms with Crippen molar-refractivity contribution >= 4 is 0 Å². The highest BCUT2D eigenvalue weighted by Crippen LogP contribution is 2.32. The lowest BCUT2D eigenvalue weighted by Gasteiger charge is -2.35. The van der Waals surface area contributed by atoms with Gasteiger partial charge in [-0.05, 0) is 31.0 Å². The molecular formula is C17H20N2O4. The number of aliphatic hydroxyl groups is 1. The summed E-state index contributed by atoms with van der Waals surface area (Å²) < 4.78 is 5.47. The molecule has 0 spiro atoms. The van der Waals surface area contributed by atoms with Crippen LogP contribution in [0.15, 0.2) is 39.8 Å². The summed E-state index contributed by atoms with van der Waals surface area (Å²) in [6, 6.07) is 5.25. The minimum atomic E-state index is -0.523. The highest BCUT2D eigenvalue weighted by atomic mass is 16.4. The van der Waals surface area contributed by atoms with Crippen molar-refractivity contribution in [2.24, 2.45) is 0 Å². The van der Waals surface area contributed by atoms with E-state index in [0.717, 1.165) is 37.4 Å². The molecule has 2 aromatic heterocycles. The Morgan fingerprint density at radius 3 is 3.00 bits per heavy atom. The molecule has 0 radical (unpaired) electrons. The van der Waals surface area contributed by atoms with Gasteiger partial charge in [0.25, 0.3) is 0 Å². The number of aliphatic hydroxyl groups excluding tert-OH is 1. The van der Waals surface area contributed by atoms with E-state index in [9.17, 15) is 15.0 Å². The minimum Gasteiger partial charge on any atom is -0.502 e. The predicted molar refractivity (Wildman–Crippen MR) is 83.8 cm³/mol. The first kappa shape index (κ1) is 15.7. The van der Waals surface area contributed by atoms with Crippen LogP contribution in [0.4, 0.5) is 0 Å². The summed E-state index contributed by atoms with van der Waals surface area (Å²) in [5, 5.41) is 19.2. The molecule has 1 aliphatic rings. The average molecular weight is 316 g/mol. The second kappa shape index (κ2) is 6.93. The van der Waals surface area contributed by atoms with Crippen LogP contribution < -0.4 is 5.43 Å². The third kappa shape index (κ3) is 3.43. The van der Waals surface area contributed by atoms with Crippen molar-refractivity contribution in [1.29, 1.82) is 0 Å². The van der Waals surface area contributed by atoms with E-state index >= 15 is 0 Å². The summed E-state index contributed by atoms with van der Waals surface area (Å²) in [4.78, 5) is 18.1. The zero-order valence-corrected chi connectivity index (χ0v) is 12.8. The standard InChI is InChI=1S/C17H20N2O4/c20-11-13-8-15(21)17(22)16(23-13)10-19-7-2-1-5-14(19)12-4-3-6-18-9-12/h3-4,6,8-9,14,20,22H,1-2,5,7,10-11H2/t14-/m1/s1. The van der Waals surface area contributed by atoms with Crippen molar-refractivity contribution in [2.75, 3.05) is 6.54 Å². The first-order valence-electron chi connectivity index (χ1n) is 7.78. The van der Waals surface area contributed by atoms with Crippen LogP contribution in [-0.4, -0.2) is 26.6 Å². The van der Waals surface area contributed by atoms with Crippen molar-refractivity contribution in [3.8, 4) is 5.75 Å². The molecule has 0 amide bonds. The van der Waals surface area contributed by atoms with Gasteiger partial charge in [-0.25, -0.2) is 0 Å². The van der Waals surface area contributed by atoms with Gasteiger partial charge >= 0.3 is 0 Å². The zero-order valence-electron chi connectivity index (χ0n) is 12.8. The van der Waals surface area contributed by atoms with Crippen molar-refractivity contribution < 1.29 is 14.6 Å². The maximum atomic E-state index is 11.8. The number of hydrogen-bond donors (Lipinski definition) is 2. The summed E-state index contributed by atoms with van der Waals surface area (Å²) in [5.74, 6) is -0.00668. The molecule has 2 aromatic rings. The molecular weight excluding hydrogens is 296 g/mol. The SMILES string of the molecule is O=c1cc(CO)oc(CN2CCCC[C@@H]2c2cccnc2)c1O. The third-order valence-electron chi connectivity index (χ3n) is 4.23. The molecule has 6 nitrogen and oxygen atoms in total. The molecule has 6 heteroatoms. The number of aromatic hydroxyl groups is 1. The number of piperidine rings is 1. The van der Waals surface area contributed by atoms with Gasteiger partial charge in [0.15, 0.2) is 5.76 Å². The molecule has 0 unspecified atom stereocenters. The van der Waals surface area contributed by atoms with E-state index in [1.807, 2.05) is 18.3 Å². The average Bonchev–Trinajstić information content (AvgIpc) is 2.60. The van der Waals surface area contributed by atoms with E-state index in [1.54, 1.807) is 6.20 Å². The van der Waals surface area contributed by atoms with Crippen LogP contribution in [0.1, 0.15) is 42.4 Å². The Bertz CT molecular complexity index is 714. The van der Waals surface area contributed by atoms with E-state index in [4.69, 9.17) is 4.42 Å². The lowest BCUT2D eigenvalue weighted by molar-refractivity contribution is 0.123. The maximum absolute atomic E-state index is 11.8. The number of rotatable bonds is 4. The van der Waals surface area contributed by atoms with Gasteiger partial charge in [0, 0.05) is 24.5 Å². The molecule has 1 atom stereocenters. The lowest BCUT2D eigenvalue weighted by Crippen LogP contribution is -2.33. The molecule has 3 rings (SSSR count). The van der Waals surface area contributed by atoms with E-state index in [1.165, 1.54) is 0 Å². The van der Waals surface area contributed by atoms with Gasteiger partial charge < -0.3 is 14.6 Å². The summed E-state index contributed by atoms with van der Waals surface area (Å²) in [6.07, 6.45) is 6.77. The molecule has 1 fully saturated rings. The molecule has 122 valence electrons. The molecule has 0 aliphatic carbocycles. The van der Waals surface area contributed by atoms with Crippen molar-refractivity contribution in [3.63, 3.8) is 0 Å². The van der Waals surface area contributed by atoms with Crippen LogP contribution in [0, 0.1) is 0 Å². The molecule has 1 aliphatic heterocycles. The fourth-order valence-corrected chi connectivity index (χ4v) is 3.09. The summed E-state index contributed by atoms with van der Waals surface area (Å²) in [5.41, 5.74) is 0.595. The van der Waals surface area contributed by atoms with Crippen molar-refractivity contribution in [2.45, 2.75) is 38.5 Å². The highest BCUT2D eigenvalue weighted by Gasteiger charge is 2.26. The first-order valence-corrected chi connectivity index (χ1v) is 7.78. The Morgan fingerprint density at radius 2 is 2.26 bits per heavy atom. The number of nitrogens with zero attached hydrogens (tertiary/aromatic N) is 2. The minimum absolute atomic E-state index is 0.165. The first-order chi connectivity index (χ1) is 11.2. The van der Waals surface area contributed by atoms with Crippen LogP contribution in [0.3, 0.4) is 0 Å². The second-order valence-corrected chi connectivity index (χ2v) is 5.78. The van der Waals surface area contributed by atoms with Gasteiger partial charge in [0.2, 0.25) is 11.2 Å².